The molecule has 4 heteroatoms. The quantitative estimate of drug-likeness (QED) is 0.822. The number of halogens is 1. The number of carbonyl (C=O) groups excluding carboxylic acids is 1. The summed E-state index contributed by atoms with van der Waals surface area (Å²) in [7, 11) is 0. The second kappa shape index (κ2) is 6.50. The summed E-state index contributed by atoms with van der Waals surface area (Å²) in [6, 6.07) is 12.5. The number of hydrogen-bond donors (Lipinski definition) is 2. The van der Waals surface area contributed by atoms with E-state index in [0.717, 1.165) is 5.56 Å². The molecule has 0 atom stereocenters. The van der Waals surface area contributed by atoms with Crippen molar-refractivity contribution in [2.75, 3.05) is 11.9 Å². The molecule has 0 radical (unpaired) electrons. The van der Waals surface area contributed by atoms with Gasteiger partial charge in [0.05, 0.1) is 6.54 Å². The van der Waals surface area contributed by atoms with E-state index in [4.69, 9.17) is 5.73 Å². The van der Waals surface area contributed by atoms with Gasteiger partial charge < -0.3 is 11.1 Å². The lowest BCUT2D eigenvalue weighted by atomic mass is 10.1. The van der Waals surface area contributed by atoms with Crippen LogP contribution in [0.2, 0.25) is 0 Å². The second-order valence-corrected chi connectivity index (χ2v) is 4.04. The molecule has 0 spiro atoms. The topological polar surface area (TPSA) is 55.1 Å². The summed E-state index contributed by atoms with van der Waals surface area (Å²) in [6.45, 7) is 0.298. The molecule has 0 aromatic heterocycles. The Morgan fingerprint density at radius 2 is 1.75 bits per heavy atom. The molecular formula is C16H13FN2O. The predicted molar refractivity (Wildman–Crippen MR) is 76.7 cm³/mol. The van der Waals surface area contributed by atoms with Crippen LogP contribution in [-0.4, -0.2) is 12.5 Å². The van der Waals surface area contributed by atoms with E-state index in [1.165, 1.54) is 24.3 Å². The molecule has 0 heterocycles. The van der Waals surface area contributed by atoms with Gasteiger partial charge in [-0.25, -0.2) is 4.39 Å². The van der Waals surface area contributed by atoms with Gasteiger partial charge in [-0.1, -0.05) is 11.8 Å². The van der Waals surface area contributed by atoms with Gasteiger partial charge in [-0.05, 0) is 48.5 Å². The Hall–Kier alpha value is -2.64. The van der Waals surface area contributed by atoms with Crippen LogP contribution in [0.25, 0.3) is 0 Å². The Balaban J connectivity index is 2.07. The van der Waals surface area contributed by atoms with Crippen molar-refractivity contribution in [3.8, 4) is 11.8 Å². The molecule has 2 aromatic rings. The van der Waals surface area contributed by atoms with E-state index in [9.17, 15) is 9.18 Å². The first-order valence-corrected chi connectivity index (χ1v) is 6.05. The zero-order chi connectivity index (χ0) is 14.4. The van der Waals surface area contributed by atoms with Crippen molar-refractivity contribution in [1.82, 2.24) is 0 Å². The maximum atomic E-state index is 12.8. The number of nitrogens with one attached hydrogen (secondary N) is 1. The highest BCUT2D eigenvalue weighted by atomic mass is 19.1. The standard InChI is InChI=1S/C16H13FN2O/c17-14-7-9-15(10-8-14)19-16(20)13-5-3-12(4-6-13)2-1-11-18/h3-10H,11,18H2,(H,19,20). The Bertz CT molecular complexity index is 652. The summed E-state index contributed by atoms with van der Waals surface area (Å²) in [5, 5.41) is 2.69. The van der Waals surface area contributed by atoms with Crippen LogP contribution < -0.4 is 11.1 Å². The Morgan fingerprint density at radius 1 is 1.10 bits per heavy atom. The van der Waals surface area contributed by atoms with E-state index in [0.29, 0.717) is 17.8 Å². The highest BCUT2D eigenvalue weighted by molar-refractivity contribution is 6.04. The first kappa shape index (κ1) is 13.8. The maximum absolute atomic E-state index is 12.8. The molecule has 2 aromatic carbocycles. The van der Waals surface area contributed by atoms with Crippen molar-refractivity contribution >= 4 is 11.6 Å². The Morgan fingerprint density at radius 3 is 2.35 bits per heavy atom. The minimum Gasteiger partial charge on any atom is -0.322 e. The third-order valence-electron chi connectivity index (χ3n) is 2.58. The first-order valence-electron chi connectivity index (χ1n) is 6.05. The number of rotatable bonds is 2. The fourth-order valence-electron chi connectivity index (χ4n) is 1.59. The minimum atomic E-state index is -0.342. The van der Waals surface area contributed by atoms with Crippen molar-refractivity contribution in [3.05, 3.63) is 65.5 Å². The minimum absolute atomic E-state index is 0.255. The molecule has 0 aliphatic carbocycles. The van der Waals surface area contributed by atoms with Crippen LogP contribution in [0.1, 0.15) is 15.9 Å². The fourth-order valence-corrected chi connectivity index (χ4v) is 1.59. The first-order chi connectivity index (χ1) is 9.69. The molecule has 0 aliphatic heterocycles. The van der Waals surface area contributed by atoms with Crippen LogP contribution in [-0.2, 0) is 0 Å². The smallest absolute Gasteiger partial charge is 0.255 e. The molecule has 0 fully saturated rings. The number of amides is 1. The van der Waals surface area contributed by atoms with E-state index in [2.05, 4.69) is 17.2 Å². The summed E-state index contributed by atoms with van der Waals surface area (Å²) < 4.78 is 12.8. The molecule has 20 heavy (non-hydrogen) atoms. The van der Waals surface area contributed by atoms with Gasteiger partial charge >= 0.3 is 0 Å². The highest BCUT2D eigenvalue weighted by Crippen LogP contribution is 2.11. The van der Waals surface area contributed by atoms with Gasteiger partial charge in [-0.15, -0.1) is 0 Å². The average molecular weight is 268 g/mol. The van der Waals surface area contributed by atoms with Crippen molar-refractivity contribution in [1.29, 1.82) is 0 Å². The van der Waals surface area contributed by atoms with Crippen molar-refractivity contribution < 1.29 is 9.18 Å². The van der Waals surface area contributed by atoms with Crippen molar-refractivity contribution in [2.24, 2.45) is 5.73 Å². The van der Waals surface area contributed by atoms with Gasteiger partial charge in [0.1, 0.15) is 5.82 Å². The van der Waals surface area contributed by atoms with Crippen LogP contribution in [0.3, 0.4) is 0 Å². The number of carbonyl (C=O) groups is 1. The monoisotopic (exact) mass is 268 g/mol. The zero-order valence-corrected chi connectivity index (χ0v) is 10.7. The van der Waals surface area contributed by atoms with Gasteiger partial charge in [0.15, 0.2) is 0 Å². The van der Waals surface area contributed by atoms with Crippen LogP contribution >= 0.6 is 0 Å². The van der Waals surface area contributed by atoms with Crippen molar-refractivity contribution in [2.45, 2.75) is 0 Å². The van der Waals surface area contributed by atoms with E-state index in [1.54, 1.807) is 24.3 Å². The second-order valence-electron chi connectivity index (χ2n) is 4.04. The van der Waals surface area contributed by atoms with Crippen LogP contribution in [0.15, 0.2) is 48.5 Å². The molecule has 2 rings (SSSR count). The third-order valence-corrected chi connectivity index (χ3v) is 2.58. The van der Waals surface area contributed by atoms with E-state index in [-0.39, 0.29) is 11.7 Å². The van der Waals surface area contributed by atoms with Gasteiger partial charge in [-0.3, -0.25) is 4.79 Å². The van der Waals surface area contributed by atoms with Gasteiger partial charge in [-0.2, -0.15) is 0 Å². The van der Waals surface area contributed by atoms with Crippen molar-refractivity contribution in [3.63, 3.8) is 0 Å². The number of nitrogens with two attached hydrogens (primary N) is 1. The molecule has 0 aliphatic rings. The molecule has 0 saturated heterocycles. The number of anilines is 1. The maximum Gasteiger partial charge on any atom is 0.255 e. The fraction of sp³-hybridized carbons (Fsp3) is 0.0625. The summed E-state index contributed by atoms with van der Waals surface area (Å²) in [4.78, 5) is 12.0. The molecule has 0 saturated carbocycles. The normalized spacial score (nSPS) is 9.50. The van der Waals surface area contributed by atoms with Crippen LogP contribution in [0, 0.1) is 17.7 Å². The Labute approximate surface area is 116 Å². The lowest BCUT2D eigenvalue weighted by molar-refractivity contribution is 0.102. The highest BCUT2D eigenvalue weighted by Gasteiger charge is 2.05. The molecule has 3 nitrogen and oxygen atoms in total. The van der Waals surface area contributed by atoms with Gasteiger partial charge in [0.25, 0.3) is 5.91 Å². The lowest BCUT2D eigenvalue weighted by Crippen LogP contribution is -2.11. The molecular weight excluding hydrogens is 255 g/mol. The summed E-state index contributed by atoms with van der Waals surface area (Å²) in [5.74, 6) is 5.02. The SMILES string of the molecule is NCC#Cc1ccc(C(=O)Nc2ccc(F)cc2)cc1. The van der Waals surface area contributed by atoms with Gasteiger partial charge in [0.2, 0.25) is 0 Å². The van der Waals surface area contributed by atoms with E-state index < -0.39 is 0 Å². The van der Waals surface area contributed by atoms with E-state index >= 15 is 0 Å². The zero-order valence-electron chi connectivity index (χ0n) is 10.7. The lowest BCUT2D eigenvalue weighted by Gasteiger charge is -2.05. The average Bonchev–Trinajstić information content (AvgIpc) is 2.48. The largest absolute Gasteiger partial charge is 0.322 e. The van der Waals surface area contributed by atoms with Crippen LogP contribution in [0.5, 0.6) is 0 Å². The predicted octanol–water partition coefficient (Wildman–Crippen LogP) is 2.39. The third kappa shape index (κ3) is 3.67. The van der Waals surface area contributed by atoms with E-state index in [1.807, 2.05) is 0 Å². The Kier molecular flexibility index (Phi) is 4.48. The molecule has 1 amide bonds. The summed E-state index contributed by atoms with van der Waals surface area (Å²) in [5.41, 5.74) is 7.14. The number of benzene rings is 2. The van der Waals surface area contributed by atoms with Gasteiger partial charge in [0, 0.05) is 16.8 Å². The molecule has 0 bridgehead atoms. The molecule has 0 unspecified atom stereocenters. The van der Waals surface area contributed by atoms with Crippen LogP contribution in [0.4, 0.5) is 10.1 Å². The number of hydrogen-bond acceptors (Lipinski definition) is 2. The molecule has 3 N–H and O–H groups in total. The molecule has 100 valence electrons. The summed E-state index contributed by atoms with van der Waals surface area (Å²) in [6.07, 6.45) is 0. The summed E-state index contributed by atoms with van der Waals surface area (Å²) >= 11 is 0.